The van der Waals surface area contributed by atoms with E-state index in [1.807, 2.05) is 54.6 Å². The van der Waals surface area contributed by atoms with Gasteiger partial charge in [0.05, 0.1) is 5.71 Å². The van der Waals surface area contributed by atoms with Gasteiger partial charge in [0, 0.05) is 23.7 Å². The first kappa shape index (κ1) is 16.1. The first-order chi connectivity index (χ1) is 12.7. The highest BCUT2D eigenvalue weighted by atomic mass is 16.5. The standard InChI is InChI=1S/C20H18N4O2/c1-13-11-19(25)22-20(21-13)24-23-16-12-18(14-7-3-2-4-8-14)26-17-10-6-5-9-15(16)17/h2-11,18H,12H2,1H3,(H2,21,22,24,25). The van der Waals surface area contributed by atoms with Crippen LogP contribution < -0.4 is 15.7 Å². The molecule has 0 bridgehead atoms. The van der Waals surface area contributed by atoms with Crippen molar-refractivity contribution in [3.05, 3.63) is 87.8 Å². The van der Waals surface area contributed by atoms with Gasteiger partial charge < -0.3 is 4.74 Å². The molecule has 6 nitrogen and oxygen atoms in total. The molecule has 1 aromatic heterocycles. The first-order valence-corrected chi connectivity index (χ1v) is 8.40. The molecular formula is C20H18N4O2. The Morgan fingerprint density at radius 3 is 2.73 bits per heavy atom. The van der Waals surface area contributed by atoms with Gasteiger partial charge in [0.2, 0.25) is 5.95 Å². The lowest BCUT2D eigenvalue weighted by Gasteiger charge is -2.27. The summed E-state index contributed by atoms with van der Waals surface area (Å²) < 4.78 is 6.16. The molecule has 2 heterocycles. The number of hydrazone groups is 1. The third-order valence-electron chi connectivity index (χ3n) is 4.18. The van der Waals surface area contributed by atoms with Crippen LogP contribution in [0.25, 0.3) is 0 Å². The van der Waals surface area contributed by atoms with E-state index in [9.17, 15) is 4.79 Å². The van der Waals surface area contributed by atoms with E-state index in [0.29, 0.717) is 18.1 Å². The van der Waals surface area contributed by atoms with Crippen molar-refractivity contribution >= 4 is 11.7 Å². The molecule has 4 rings (SSSR count). The quantitative estimate of drug-likeness (QED) is 0.712. The third kappa shape index (κ3) is 3.35. The fraction of sp³-hybridized carbons (Fsp3) is 0.150. The van der Waals surface area contributed by atoms with E-state index in [2.05, 4.69) is 20.5 Å². The van der Waals surface area contributed by atoms with Gasteiger partial charge in [-0.3, -0.25) is 9.78 Å². The summed E-state index contributed by atoms with van der Waals surface area (Å²) in [5.41, 5.74) is 6.17. The molecule has 0 saturated heterocycles. The number of nitrogens with one attached hydrogen (secondary N) is 2. The maximum Gasteiger partial charge on any atom is 0.252 e. The largest absolute Gasteiger partial charge is 0.485 e. The number of aromatic nitrogens is 2. The fourth-order valence-corrected chi connectivity index (χ4v) is 3.00. The zero-order chi connectivity index (χ0) is 17.9. The highest BCUT2D eigenvalue weighted by molar-refractivity contribution is 6.04. The Kier molecular flexibility index (Phi) is 4.23. The number of fused-ring (bicyclic) bond motifs is 1. The van der Waals surface area contributed by atoms with E-state index in [1.165, 1.54) is 6.07 Å². The lowest BCUT2D eigenvalue weighted by molar-refractivity contribution is 0.206. The molecule has 6 heteroatoms. The van der Waals surface area contributed by atoms with Gasteiger partial charge in [0.15, 0.2) is 0 Å². The molecule has 0 radical (unpaired) electrons. The SMILES string of the molecule is Cc1cc(=O)[nH]c(NN=C2CC(c3ccccc3)Oc3ccccc32)n1. The van der Waals surface area contributed by atoms with E-state index in [4.69, 9.17) is 4.74 Å². The van der Waals surface area contributed by atoms with Crippen LogP contribution in [0.2, 0.25) is 0 Å². The Labute approximate surface area is 150 Å². The molecule has 0 aliphatic carbocycles. The van der Waals surface area contributed by atoms with Crippen molar-refractivity contribution < 1.29 is 4.74 Å². The average Bonchev–Trinajstić information content (AvgIpc) is 2.66. The lowest BCUT2D eigenvalue weighted by Crippen LogP contribution is -2.22. The number of para-hydroxylation sites is 1. The molecule has 1 atom stereocenters. The molecule has 0 spiro atoms. The summed E-state index contributed by atoms with van der Waals surface area (Å²) in [4.78, 5) is 18.5. The minimum absolute atomic E-state index is 0.115. The van der Waals surface area contributed by atoms with Crippen molar-refractivity contribution in [2.75, 3.05) is 5.43 Å². The van der Waals surface area contributed by atoms with Crippen LogP contribution >= 0.6 is 0 Å². The average molecular weight is 346 g/mol. The number of ether oxygens (including phenoxy) is 1. The first-order valence-electron chi connectivity index (χ1n) is 8.40. The van der Waals surface area contributed by atoms with Crippen LogP contribution in [0.5, 0.6) is 5.75 Å². The Hall–Kier alpha value is -3.41. The summed E-state index contributed by atoms with van der Waals surface area (Å²) in [5.74, 6) is 1.11. The van der Waals surface area contributed by atoms with E-state index >= 15 is 0 Å². The normalized spacial score (nSPS) is 17.4. The molecule has 0 amide bonds. The second-order valence-electron chi connectivity index (χ2n) is 6.12. The number of H-pyrrole nitrogens is 1. The van der Waals surface area contributed by atoms with Crippen molar-refractivity contribution in [2.45, 2.75) is 19.4 Å². The summed E-state index contributed by atoms with van der Waals surface area (Å²) >= 11 is 0. The zero-order valence-corrected chi connectivity index (χ0v) is 14.3. The van der Waals surface area contributed by atoms with Gasteiger partial charge in [-0.15, -0.1) is 0 Å². The third-order valence-corrected chi connectivity index (χ3v) is 4.18. The number of benzene rings is 2. The Bertz CT molecular complexity index is 1010. The molecule has 130 valence electrons. The predicted octanol–water partition coefficient (Wildman–Crippen LogP) is 3.42. The van der Waals surface area contributed by atoms with Crippen molar-refractivity contribution in [3.8, 4) is 5.75 Å². The monoisotopic (exact) mass is 346 g/mol. The topological polar surface area (TPSA) is 79.4 Å². The highest BCUT2D eigenvalue weighted by Crippen LogP contribution is 2.35. The Balaban J connectivity index is 1.68. The van der Waals surface area contributed by atoms with Gasteiger partial charge >= 0.3 is 0 Å². The van der Waals surface area contributed by atoms with Gasteiger partial charge in [-0.2, -0.15) is 5.10 Å². The number of hydrogen-bond donors (Lipinski definition) is 2. The van der Waals surface area contributed by atoms with Crippen molar-refractivity contribution in [2.24, 2.45) is 5.10 Å². The summed E-state index contributed by atoms with van der Waals surface area (Å²) in [6.45, 7) is 1.77. The summed E-state index contributed by atoms with van der Waals surface area (Å²) in [5, 5.41) is 4.51. The van der Waals surface area contributed by atoms with E-state index in [1.54, 1.807) is 6.92 Å². The number of aryl methyl sites for hydroxylation is 1. The fourth-order valence-electron chi connectivity index (χ4n) is 3.00. The van der Waals surface area contributed by atoms with E-state index in [-0.39, 0.29) is 11.7 Å². The Morgan fingerprint density at radius 1 is 1.15 bits per heavy atom. The van der Waals surface area contributed by atoms with Crippen LogP contribution in [0.4, 0.5) is 5.95 Å². The van der Waals surface area contributed by atoms with E-state index in [0.717, 1.165) is 22.6 Å². The van der Waals surface area contributed by atoms with Gasteiger partial charge in [-0.05, 0) is 24.6 Å². The maximum atomic E-state index is 11.6. The summed E-state index contributed by atoms with van der Waals surface area (Å²) in [6.07, 6.45) is 0.500. The molecule has 1 aliphatic heterocycles. The number of nitrogens with zero attached hydrogens (tertiary/aromatic N) is 2. The smallest absolute Gasteiger partial charge is 0.252 e. The minimum atomic E-state index is -0.213. The lowest BCUT2D eigenvalue weighted by atomic mass is 9.96. The minimum Gasteiger partial charge on any atom is -0.485 e. The van der Waals surface area contributed by atoms with E-state index < -0.39 is 0 Å². The molecule has 2 N–H and O–H groups in total. The summed E-state index contributed by atoms with van der Waals surface area (Å²) in [6, 6.07) is 19.3. The highest BCUT2D eigenvalue weighted by Gasteiger charge is 2.26. The van der Waals surface area contributed by atoms with Crippen molar-refractivity contribution in [1.82, 2.24) is 9.97 Å². The Morgan fingerprint density at radius 2 is 1.92 bits per heavy atom. The maximum absolute atomic E-state index is 11.6. The van der Waals surface area contributed by atoms with Gasteiger partial charge in [-0.1, -0.05) is 42.5 Å². The van der Waals surface area contributed by atoms with Crippen LogP contribution in [0.1, 0.15) is 29.3 Å². The van der Waals surface area contributed by atoms with Crippen LogP contribution in [-0.4, -0.2) is 15.7 Å². The molecule has 1 unspecified atom stereocenters. The second kappa shape index (κ2) is 6.84. The van der Waals surface area contributed by atoms with Crippen LogP contribution in [-0.2, 0) is 0 Å². The summed E-state index contributed by atoms with van der Waals surface area (Å²) in [7, 11) is 0. The number of anilines is 1. The van der Waals surface area contributed by atoms with Crippen molar-refractivity contribution in [1.29, 1.82) is 0 Å². The number of hydrogen-bond acceptors (Lipinski definition) is 5. The number of rotatable bonds is 3. The predicted molar refractivity (Wildman–Crippen MR) is 101 cm³/mol. The van der Waals surface area contributed by atoms with Gasteiger partial charge in [0.1, 0.15) is 11.9 Å². The van der Waals surface area contributed by atoms with Crippen molar-refractivity contribution in [3.63, 3.8) is 0 Å². The molecule has 1 aliphatic rings. The van der Waals surface area contributed by atoms with Crippen LogP contribution in [0.15, 0.2) is 70.6 Å². The molecule has 26 heavy (non-hydrogen) atoms. The molecule has 0 fully saturated rings. The number of aromatic amines is 1. The second-order valence-corrected chi connectivity index (χ2v) is 6.12. The molecular weight excluding hydrogens is 328 g/mol. The van der Waals surface area contributed by atoms with Gasteiger partial charge in [-0.25, -0.2) is 10.4 Å². The van der Waals surface area contributed by atoms with Gasteiger partial charge in [0.25, 0.3) is 5.56 Å². The molecule has 3 aromatic rings. The molecule has 2 aromatic carbocycles. The van der Waals surface area contributed by atoms with Crippen LogP contribution in [0, 0.1) is 6.92 Å². The zero-order valence-electron chi connectivity index (χ0n) is 14.3. The molecule has 0 saturated carbocycles. The van der Waals surface area contributed by atoms with Crippen LogP contribution in [0.3, 0.4) is 0 Å².